The normalized spacial score (nSPS) is 49.3. The number of carbonyl (C=O) groups is 3. The van der Waals surface area contributed by atoms with E-state index in [1.165, 1.54) is 0 Å². The number of carboxylic acid groups (broad SMARTS) is 1. The van der Waals surface area contributed by atoms with Crippen molar-refractivity contribution in [3.63, 3.8) is 0 Å². The van der Waals surface area contributed by atoms with Crippen LogP contribution in [-0.4, -0.2) is 22.6 Å². The third-order valence-electron chi connectivity index (χ3n) is 12.7. The number of ketones is 2. The maximum atomic E-state index is 14.3. The molecule has 0 aromatic rings. The highest BCUT2D eigenvalue weighted by atomic mass is 16.4. The van der Waals surface area contributed by atoms with Gasteiger partial charge in [-0.05, 0) is 83.7 Å². The molecule has 0 aromatic heterocycles. The van der Waals surface area contributed by atoms with Crippen molar-refractivity contribution in [2.24, 2.45) is 50.2 Å². The predicted octanol–water partition coefficient (Wildman–Crippen LogP) is 6.29. The van der Waals surface area contributed by atoms with Crippen LogP contribution in [0.1, 0.15) is 93.4 Å². The van der Waals surface area contributed by atoms with Gasteiger partial charge < -0.3 is 5.11 Å². The van der Waals surface area contributed by atoms with Crippen LogP contribution in [-0.2, 0) is 14.4 Å². The number of nitrogens with zero attached hydrogens (tertiary/aromatic N) is 1. The molecule has 8 atom stereocenters. The van der Waals surface area contributed by atoms with Crippen LogP contribution in [0, 0.1) is 61.6 Å². The number of Topliss-reactive ketones (excluding diaryl/α,β-unsaturated/α-hetero) is 1. The summed E-state index contributed by atoms with van der Waals surface area (Å²) >= 11 is 0. The number of rotatable bonds is 1. The van der Waals surface area contributed by atoms with Gasteiger partial charge in [-0.15, -0.1) is 0 Å². The molecule has 0 amide bonds. The Balaban J connectivity index is 1.74. The molecule has 36 heavy (non-hydrogen) atoms. The van der Waals surface area contributed by atoms with Gasteiger partial charge in [0, 0.05) is 17.8 Å². The van der Waals surface area contributed by atoms with Crippen molar-refractivity contribution in [1.29, 1.82) is 5.26 Å². The lowest BCUT2D eigenvalue weighted by Gasteiger charge is -2.70. The van der Waals surface area contributed by atoms with Crippen molar-refractivity contribution < 1.29 is 19.5 Å². The van der Waals surface area contributed by atoms with Crippen molar-refractivity contribution >= 4 is 17.5 Å². The minimum Gasteiger partial charge on any atom is -0.481 e. The van der Waals surface area contributed by atoms with Crippen molar-refractivity contribution in [1.82, 2.24) is 0 Å². The number of hydrogen-bond acceptors (Lipinski definition) is 4. The maximum Gasteiger partial charge on any atom is 0.309 e. The van der Waals surface area contributed by atoms with Gasteiger partial charge in [0.25, 0.3) is 0 Å². The van der Waals surface area contributed by atoms with E-state index < -0.39 is 16.8 Å². The summed E-state index contributed by atoms with van der Waals surface area (Å²) in [6.07, 6.45) is 8.43. The molecule has 0 aliphatic heterocycles. The summed E-state index contributed by atoms with van der Waals surface area (Å²) in [5.41, 5.74) is -1.26. The number of carbonyl (C=O) groups excluding carboxylic acids is 2. The number of aliphatic carboxylic acids is 1. The second-order valence-corrected chi connectivity index (χ2v) is 14.6. The SMILES string of the molecule is C[C@@H]1C[C@]2(C)C(=CC(=O)C3C4CC(C)(C)CC[C@]4(C(=O)O)CC[C@]32C)[C@@]2(C)C=C(C#N)C(=O)C[C@@]12C. The average molecular weight is 492 g/mol. The fourth-order valence-electron chi connectivity index (χ4n) is 9.89. The zero-order valence-corrected chi connectivity index (χ0v) is 23.0. The summed E-state index contributed by atoms with van der Waals surface area (Å²) in [5, 5.41) is 20.3. The first-order valence-electron chi connectivity index (χ1n) is 13.7. The number of nitriles is 1. The highest BCUT2D eigenvalue weighted by molar-refractivity contribution is 6.01. The molecule has 2 unspecified atom stereocenters. The van der Waals surface area contributed by atoms with Crippen molar-refractivity contribution in [3.05, 3.63) is 23.3 Å². The first-order valence-corrected chi connectivity index (χ1v) is 13.7. The van der Waals surface area contributed by atoms with Crippen LogP contribution in [0.15, 0.2) is 23.3 Å². The quantitative estimate of drug-likeness (QED) is 0.465. The zero-order chi connectivity index (χ0) is 26.7. The third kappa shape index (κ3) is 2.80. The molecule has 5 heteroatoms. The Labute approximate surface area is 215 Å². The van der Waals surface area contributed by atoms with Gasteiger partial charge in [0.2, 0.25) is 0 Å². The van der Waals surface area contributed by atoms with E-state index >= 15 is 0 Å². The van der Waals surface area contributed by atoms with E-state index in [0.29, 0.717) is 25.7 Å². The van der Waals surface area contributed by atoms with Crippen LogP contribution in [0.5, 0.6) is 0 Å². The van der Waals surface area contributed by atoms with E-state index in [1.807, 2.05) is 12.2 Å². The zero-order valence-electron chi connectivity index (χ0n) is 23.0. The first-order chi connectivity index (χ1) is 16.5. The molecule has 5 nitrogen and oxygen atoms in total. The van der Waals surface area contributed by atoms with Crippen molar-refractivity contribution in [2.45, 2.75) is 93.4 Å². The highest BCUT2D eigenvalue weighted by Gasteiger charge is 2.72. The molecule has 0 heterocycles. The summed E-state index contributed by atoms with van der Waals surface area (Å²) in [4.78, 5) is 39.9. The lowest BCUT2D eigenvalue weighted by molar-refractivity contribution is -0.192. The molecule has 3 saturated carbocycles. The van der Waals surface area contributed by atoms with Crippen molar-refractivity contribution in [3.8, 4) is 6.07 Å². The van der Waals surface area contributed by atoms with Gasteiger partial charge in [-0.2, -0.15) is 5.26 Å². The second-order valence-electron chi connectivity index (χ2n) is 14.6. The summed E-state index contributed by atoms with van der Waals surface area (Å²) in [6.45, 7) is 15.5. The molecule has 0 aromatic carbocycles. The summed E-state index contributed by atoms with van der Waals surface area (Å²) in [5.74, 6) is -1.10. The first kappa shape index (κ1) is 25.4. The molecule has 1 N–H and O–H groups in total. The van der Waals surface area contributed by atoms with E-state index in [4.69, 9.17) is 0 Å². The van der Waals surface area contributed by atoms with Crippen molar-refractivity contribution in [2.75, 3.05) is 0 Å². The molecule has 3 fully saturated rings. The lowest BCUT2D eigenvalue weighted by Crippen LogP contribution is -2.67. The highest BCUT2D eigenvalue weighted by Crippen LogP contribution is 2.76. The smallest absolute Gasteiger partial charge is 0.309 e. The third-order valence-corrected chi connectivity index (χ3v) is 12.7. The van der Waals surface area contributed by atoms with Gasteiger partial charge in [-0.25, -0.2) is 0 Å². The Morgan fingerprint density at radius 3 is 2.25 bits per heavy atom. The lowest BCUT2D eigenvalue weighted by atomic mass is 9.32. The number of allylic oxidation sites excluding steroid dienone is 4. The summed E-state index contributed by atoms with van der Waals surface area (Å²) in [7, 11) is 0. The Bertz CT molecular complexity index is 1190. The molecule has 5 aliphatic rings. The summed E-state index contributed by atoms with van der Waals surface area (Å²) in [6, 6.07) is 2.13. The number of carboxylic acids is 1. The molecule has 194 valence electrons. The minimum absolute atomic E-state index is 0.00557. The van der Waals surface area contributed by atoms with Crippen LogP contribution < -0.4 is 0 Å². The fourth-order valence-corrected chi connectivity index (χ4v) is 9.89. The molecule has 5 aliphatic carbocycles. The largest absolute Gasteiger partial charge is 0.481 e. The van der Waals surface area contributed by atoms with Gasteiger partial charge in [0.05, 0.1) is 11.0 Å². The van der Waals surface area contributed by atoms with E-state index in [1.54, 1.807) is 0 Å². The van der Waals surface area contributed by atoms with Gasteiger partial charge >= 0.3 is 5.97 Å². The van der Waals surface area contributed by atoms with Crippen LogP contribution in [0.25, 0.3) is 0 Å². The Kier molecular flexibility index (Phi) is 5.09. The predicted molar refractivity (Wildman–Crippen MR) is 137 cm³/mol. The topological polar surface area (TPSA) is 95.2 Å². The second kappa shape index (κ2) is 7.21. The monoisotopic (exact) mass is 491 g/mol. The minimum atomic E-state index is -0.832. The van der Waals surface area contributed by atoms with Gasteiger partial charge in [0.15, 0.2) is 11.6 Å². The number of hydrogen-bond donors (Lipinski definition) is 1. The average Bonchev–Trinajstić information content (AvgIpc) is 2.77. The van der Waals surface area contributed by atoms with Gasteiger partial charge in [-0.1, -0.05) is 54.5 Å². The van der Waals surface area contributed by atoms with E-state index in [9.17, 15) is 24.8 Å². The molecule has 0 saturated heterocycles. The van der Waals surface area contributed by atoms with Crippen LogP contribution in [0.3, 0.4) is 0 Å². The van der Waals surface area contributed by atoms with Crippen LogP contribution in [0.4, 0.5) is 0 Å². The van der Waals surface area contributed by atoms with Crippen LogP contribution >= 0.6 is 0 Å². The fraction of sp³-hybridized carbons (Fsp3) is 0.742. The number of fused-ring (bicyclic) bond motifs is 7. The van der Waals surface area contributed by atoms with Crippen LogP contribution in [0.2, 0.25) is 0 Å². The van der Waals surface area contributed by atoms with E-state index in [2.05, 4.69) is 54.5 Å². The maximum absolute atomic E-state index is 14.3. The Hall–Kier alpha value is -2.22. The van der Waals surface area contributed by atoms with E-state index in [-0.39, 0.29) is 56.6 Å². The molecule has 0 radical (unpaired) electrons. The Morgan fingerprint density at radius 2 is 1.64 bits per heavy atom. The molecule has 5 rings (SSSR count). The van der Waals surface area contributed by atoms with E-state index in [0.717, 1.165) is 24.8 Å². The van der Waals surface area contributed by atoms with Gasteiger partial charge in [-0.3, -0.25) is 14.4 Å². The molecular weight excluding hydrogens is 450 g/mol. The van der Waals surface area contributed by atoms with Gasteiger partial charge in [0.1, 0.15) is 6.07 Å². The summed E-state index contributed by atoms with van der Waals surface area (Å²) < 4.78 is 0. The standard InChI is InChI=1S/C31H41NO4/c1-18-13-29(6)23(30(7)14-19(17-32)22(34)16-28(18,30)5)12-21(33)24-20-15-26(2,3)8-10-31(20,25(35)36)11-9-27(24,29)4/h12,14,18,20,24H,8-11,13,15-16H2,1-7H3,(H,35,36)/t18-,20?,24?,27-,28+,29-,30-,31+/m1/s1. The Morgan fingerprint density at radius 1 is 1.00 bits per heavy atom. The molecule has 0 spiro atoms. The molecular formula is C31H41NO4. The molecule has 0 bridgehead atoms.